The molecule has 0 aliphatic rings. The molecule has 2 aromatic heterocycles. The molecule has 0 atom stereocenters. The van der Waals surface area contributed by atoms with E-state index in [4.69, 9.17) is 0 Å². The van der Waals surface area contributed by atoms with E-state index in [1.807, 2.05) is 0 Å². The predicted molar refractivity (Wildman–Crippen MR) is 77.5 cm³/mol. The van der Waals surface area contributed by atoms with Crippen LogP contribution in [0.3, 0.4) is 0 Å². The van der Waals surface area contributed by atoms with Gasteiger partial charge in [-0.15, -0.1) is 0 Å². The Bertz CT molecular complexity index is 992. The van der Waals surface area contributed by atoms with Gasteiger partial charge in [0.05, 0.1) is 11.9 Å². The number of carbonyl (C=O) groups is 1. The third-order valence-corrected chi connectivity index (χ3v) is 3.47. The molecule has 0 fully saturated rings. The van der Waals surface area contributed by atoms with E-state index in [9.17, 15) is 23.5 Å². The van der Waals surface area contributed by atoms with E-state index in [-0.39, 0.29) is 28.8 Å². The van der Waals surface area contributed by atoms with E-state index in [2.05, 4.69) is 10.1 Å². The van der Waals surface area contributed by atoms with Crippen molar-refractivity contribution in [2.45, 2.75) is 13.5 Å². The molecule has 0 saturated heterocycles. The van der Waals surface area contributed by atoms with Crippen LogP contribution in [0.5, 0.6) is 0 Å². The molecule has 0 unspecified atom stereocenters. The highest BCUT2D eigenvalue weighted by molar-refractivity contribution is 6.01. The zero-order chi connectivity index (χ0) is 16.7. The second kappa shape index (κ2) is 5.31. The van der Waals surface area contributed by atoms with Crippen LogP contribution >= 0.6 is 0 Å². The summed E-state index contributed by atoms with van der Waals surface area (Å²) in [6.45, 7) is 1.45. The molecule has 0 amide bonds. The van der Waals surface area contributed by atoms with Crippen molar-refractivity contribution in [3.05, 3.63) is 63.1 Å². The number of aromatic carboxylic acids is 1. The van der Waals surface area contributed by atoms with Gasteiger partial charge in [-0.25, -0.2) is 18.3 Å². The summed E-state index contributed by atoms with van der Waals surface area (Å²) in [5.74, 6) is -2.75. The first kappa shape index (κ1) is 14.9. The average Bonchev–Trinajstić information content (AvgIpc) is 2.81. The summed E-state index contributed by atoms with van der Waals surface area (Å²) in [4.78, 5) is 25.5. The molecule has 0 bridgehead atoms. The average molecular weight is 319 g/mol. The molecule has 8 heteroatoms. The first-order chi connectivity index (χ1) is 10.9. The highest BCUT2D eigenvalue weighted by Gasteiger charge is 2.20. The number of hydrogen-bond donors (Lipinski definition) is 2. The largest absolute Gasteiger partial charge is 0.476 e. The van der Waals surface area contributed by atoms with Crippen LogP contribution in [-0.2, 0) is 6.54 Å². The van der Waals surface area contributed by atoms with Crippen LogP contribution in [0, 0.1) is 18.6 Å². The summed E-state index contributed by atoms with van der Waals surface area (Å²) in [5, 5.41) is 13.5. The summed E-state index contributed by atoms with van der Waals surface area (Å²) >= 11 is 0. The third kappa shape index (κ3) is 2.59. The Balaban J connectivity index is 2.21. The van der Waals surface area contributed by atoms with Crippen molar-refractivity contribution >= 4 is 17.0 Å². The van der Waals surface area contributed by atoms with E-state index in [1.54, 1.807) is 6.92 Å². The molecule has 118 valence electrons. The molecule has 2 N–H and O–H groups in total. The van der Waals surface area contributed by atoms with Gasteiger partial charge in [-0.05, 0) is 18.6 Å². The Morgan fingerprint density at radius 2 is 2.09 bits per heavy atom. The minimum absolute atomic E-state index is 0.120. The number of aromatic amines is 1. The number of fused-ring (bicyclic) bond motifs is 1. The maximum atomic E-state index is 13.8. The Morgan fingerprint density at radius 1 is 1.35 bits per heavy atom. The van der Waals surface area contributed by atoms with E-state index >= 15 is 0 Å². The van der Waals surface area contributed by atoms with Crippen LogP contribution in [0.25, 0.3) is 11.0 Å². The summed E-state index contributed by atoms with van der Waals surface area (Å²) in [5.41, 5.74) is 0.0853. The summed E-state index contributed by atoms with van der Waals surface area (Å²) in [6.07, 6.45) is 0. The van der Waals surface area contributed by atoms with Crippen molar-refractivity contribution in [1.82, 2.24) is 14.8 Å². The molecule has 3 rings (SSSR count). The number of pyridine rings is 1. The molecule has 23 heavy (non-hydrogen) atoms. The lowest BCUT2D eigenvalue weighted by molar-refractivity contribution is 0.0691. The van der Waals surface area contributed by atoms with Gasteiger partial charge in [0.1, 0.15) is 17.3 Å². The van der Waals surface area contributed by atoms with Crippen LogP contribution in [0.4, 0.5) is 8.78 Å². The quantitative estimate of drug-likeness (QED) is 0.773. The Kier molecular flexibility index (Phi) is 3.44. The van der Waals surface area contributed by atoms with Crippen molar-refractivity contribution in [3.8, 4) is 0 Å². The van der Waals surface area contributed by atoms with E-state index < -0.39 is 23.2 Å². The van der Waals surface area contributed by atoms with Gasteiger partial charge in [0, 0.05) is 17.7 Å². The van der Waals surface area contributed by atoms with Crippen LogP contribution in [-0.4, -0.2) is 25.8 Å². The topological polar surface area (TPSA) is 88.0 Å². The highest BCUT2D eigenvalue weighted by atomic mass is 19.1. The lowest BCUT2D eigenvalue weighted by atomic mass is 10.1. The van der Waals surface area contributed by atoms with Crippen LogP contribution < -0.4 is 5.56 Å². The Hall–Kier alpha value is -3.03. The monoisotopic (exact) mass is 319 g/mol. The van der Waals surface area contributed by atoms with E-state index in [1.165, 1.54) is 16.8 Å². The molecular formula is C15H11F2N3O3. The minimum atomic E-state index is -1.26. The Labute approximate surface area is 128 Å². The van der Waals surface area contributed by atoms with Crippen molar-refractivity contribution in [1.29, 1.82) is 0 Å². The number of nitrogens with zero attached hydrogens (tertiary/aromatic N) is 2. The number of halogens is 2. The predicted octanol–water partition coefficient (Wildman–Crippen LogP) is 2.06. The van der Waals surface area contributed by atoms with Crippen molar-refractivity contribution < 1.29 is 18.7 Å². The number of nitrogens with one attached hydrogen (secondary N) is 1. The fourth-order valence-corrected chi connectivity index (χ4v) is 2.46. The number of aryl methyl sites for hydroxylation is 1. The van der Waals surface area contributed by atoms with Gasteiger partial charge in [-0.2, -0.15) is 5.10 Å². The number of rotatable bonds is 3. The molecule has 0 aliphatic carbocycles. The second-order valence-electron chi connectivity index (χ2n) is 5.09. The van der Waals surface area contributed by atoms with E-state index in [0.29, 0.717) is 5.56 Å². The summed E-state index contributed by atoms with van der Waals surface area (Å²) in [7, 11) is 0. The lowest BCUT2D eigenvalue weighted by Crippen LogP contribution is -2.10. The van der Waals surface area contributed by atoms with Crippen LogP contribution in [0.1, 0.15) is 21.6 Å². The third-order valence-electron chi connectivity index (χ3n) is 3.47. The fraction of sp³-hybridized carbons (Fsp3) is 0.133. The van der Waals surface area contributed by atoms with Gasteiger partial charge < -0.3 is 10.1 Å². The molecule has 0 spiro atoms. The summed E-state index contributed by atoms with van der Waals surface area (Å²) < 4.78 is 27.9. The molecule has 3 aromatic rings. The van der Waals surface area contributed by atoms with Crippen molar-refractivity contribution in [3.63, 3.8) is 0 Å². The van der Waals surface area contributed by atoms with Crippen molar-refractivity contribution in [2.24, 2.45) is 0 Å². The van der Waals surface area contributed by atoms with E-state index in [0.717, 1.165) is 12.1 Å². The zero-order valence-corrected chi connectivity index (χ0v) is 11.9. The number of carboxylic acid groups (broad SMARTS) is 1. The molecule has 0 radical (unpaired) electrons. The fourth-order valence-electron chi connectivity index (χ4n) is 2.46. The molecule has 6 nitrogen and oxygen atoms in total. The Morgan fingerprint density at radius 3 is 2.74 bits per heavy atom. The SMILES string of the molecule is Cc1cc(=O)[nH]c2c1c(C(=O)O)nn2Cc1ccc(F)cc1F. The van der Waals surface area contributed by atoms with Crippen LogP contribution in [0.2, 0.25) is 0 Å². The van der Waals surface area contributed by atoms with Gasteiger partial charge in [0.2, 0.25) is 5.56 Å². The molecule has 1 aromatic carbocycles. The van der Waals surface area contributed by atoms with Gasteiger partial charge >= 0.3 is 5.97 Å². The van der Waals surface area contributed by atoms with Gasteiger partial charge in [0.15, 0.2) is 5.69 Å². The maximum absolute atomic E-state index is 13.8. The summed E-state index contributed by atoms with van der Waals surface area (Å²) in [6, 6.07) is 4.33. The van der Waals surface area contributed by atoms with Gasteiger partial charge in [-0.3, -0.25) is 4.79 Å². The van der Waals surface area contributed by atoms with Gasteiger partial charge in [0.25, 0.3) is 0 Å². The maximum Gasteiger partial charge on any atom is 0.357 e. The first-order valence-electron chi connectivity index (χ1n) is 6.64. The highest BCUT2D eigenvalue weighted by Crippen LogP contribution is 2.21. The van der Waals surface area contributed by atoms with Gasteiger partial charge in [-0.1, -0.05) is 6.07 Å². The number of carboxylic acids is 1. The number of benzene rings is 1. The molecule has 2 heterocycles. The van der Waals surface area contributed by atoms with Crippen molar-refractivity contribution in [2.75, 3.05) is 0 Å². The molecular weight excluding hydrogens is 308 g/mol. The standard InChI is InChI=1S/C15H11F2N3O3/c1-7-4-11(21)18-14-12(7)13(15(22)23)19-20(14)6-8-2-3-9(16)5-10(8)17/h2-5H,6H2,1H3,(H,18,21)(H,22,23). The minimum Gasteiger partial charge on any atom is -0.476 e. The second-order valence-corrected chi connectivity index (χ2v) is 5.09. The molecule has 0 aliphatic heterocycles. The number of H-pyrrole nitrogens is 1. The zero-order valence-electron chi connectivity index (χ0n) is 11.9. The lowest BCUT2D eigenvalue weighted by Gasteiger charge is -2.05. The number of hydrogen-bond acceptors (Lipinski definition) is 3. The van der Waals surface area contributed by atoms with Crippen LogP contribution in [0.15, 0.2) is 29.1 Å². The first-order valence-corrected chi connectivity index (χ1v) is 6.64. The smallest absolute Gasteiger partial charge is 0.357 e. The normalized spacial score (nSPS) is 11.1. The number of aromatic nitrogens is 3. The molecule has 0 saturated carbocycles.